The molecule has 1 aromatic carbocycles. The van der Waals surface area contributed by atoms with Gasteiger partial charge >= 0.3 is 5.97 Å². The molecule has 28 heavy (non-hydrogen) atoms. The smallest absolute Gasteiger partial charge is 0.326 e. The van der Waals surface area contributed by atoms with Crippen molar-refractivity contribution in [2.75, 3.05) is 0 Å². The lowest BCUT2D eigenvalue weighted by atomic mass is 10.0. The lowest BCUT2D eigenvalue weighted by Crippen LogP contribution is -2.52. The average molecular weight is 392 g/mol. The topological polar surface area (TPSA) is 95.5 Å². The fourth-order valence-corrected chi connectivity index (χ4v) is 2.86. The van der Waals surface area contributed by atoms with Gasteiger partial charge in [0.25, 0.3) is 0 Å². The van der Waals surface area contributed by atoms with E-state index in [1.807, 2.05) is 6.08 Å². The predicted molar refractivity (Wildman–Crippen MR) is 105 cm³/mol. The van der Waals surface area contributed by atoms with Crippen LogP contribution in [-0.2, 0) is 20.8 Å². The fraction of sp³-hybridized carbons (Fsp3) is 0.476. The van der Waals surface area contributed by atoms with Crippen LogP contribution in [0.5, 0.6) is 0 Å². The maximum Gasteiger partial charge on any atom is 0.326 e. The van der Waals surface area contributed by atoms with Crippen molar-refractivity contribution >= 4 is 17.8 Å². The molecule has 0 spiro atoms. The van der Waals surface area contributed by atoms with Crippen LogP contribution in [0.1, 0.15) is 51.0 Å². The Labute approximate surface area is 165 Å². The van der Waals surface area contributed by atoms with Crippen molar-refractivity contribution in [3.63, 3.8) is 0 Å². The van der Waals surface area contributed by atoms with Crippen molar-refractivity contribution in [2.45, 2.75) is 64.0 Å². The second-order valence-electron chi connectivity index (χ2n) is 6.73. The summed E-state index contributed by atoms with van der Waals surface area (Å²) in [6.07, 6.45) is 6.48. The highest BCUT2D eigenvalue weighted by Crippen LogP contribution is 2.11. The van der Waals surface area contributed by atoms with Crippen LogP contribution in [0.4, 0.5) is 4.39 Å². The predicted octanol–water partition coefficient (Wildman–Crippen LogP) is 2.97. The van der Waals surface area contributed by atoms with E-state index >= 15 is 0 Å². The molecule has 0 saturated heterocycles. The van der Waals surface area contributed by atoms with Crippen molar-refractivity contribution in [2.24, 2.45) is 0 Å². The fourth-order valence-electron chi connectivity index (χ4n) is 2.86. The molecule has 0 aliphatic heterocycles. The van der Waals surface area contributed by atoms with Crippen LogP contribution in [0.2, 0.25) is 0 Å². The summed E-state index contributed by atoms with van der Waals surface area (Å²) >= 11 is 0. The van der Waals surface area contributed by atoms with Crippen molar-refractivity contribution in [1.29, 1.82) is 0 Å². The molecule has 0 radical (unpaired) electrons. The number of hydrogen-bond donors (Lipinski definition) is 3. The number of halogens is 1. The summed E-state index contributed by atoms with van der Waals surface area (Å²) in [6.45, 7) is 4.91. The van der Waals surface area contributed by atoms with Gasteiger partial charge in [-0.25, -0.2) is 9.18 Å². The normalized spacial score (nSPS) is 12.6. The quantitative estimate of drug-likeness (QED) is 0.355. The molecular weight excluding hydrogens is 363 g/mol. The summed E-state index contributed by atoms with van der Waals surface area (Å²) in [5.74, 6) is -2.71. The van der Waals surface area contributed by atoms with E-state index in [0.717, 1.165) is 25.7 Å². The zero-order valence-electron chi connectivity index (χ0n) is 16.2. The molecule has 0 heterocycles. The van der Waals surface area contributed by atoms with Gasteiger partial charge < -0.3 is 15.7 Å². The van der Waals surface area contributed by atoms with Crippen molar-refractivity contribution in [3.05, 3.63) is 48.3 Å². The van der Waals surface area contributed by atoms with E-state index in [2.05, 4.69) is 17.2 Å². The van der Waals surface area contributed by atoms with Gasteiger partial charge in [0.15, 0.2) is 0 Å². The third-order valence-electron chi connectivity index (χ3n) is 4.34. The zero-order chi connectivity index (χ0) is 20.9. The molecule has 2 atom stereocenters. The number of amides is 2. The Morgan fingerprint density at radius 1 is 1.11 bits per heavy atom. The van der Waals surface area contributed by atoms with Crippen LogP contribution < -0.4 is 10.6 Å². The minimum absolute atomic E-state index is 0.0635. The van der Waals surface area contributed by atoms with Gasteiger partial charge in [-0.3, -0.25) is 9.59 Å². The minimum Gasteiger partial charge on any atom is -0.480 e. The first kappa shape index (κ1) is 23.3. The van der Waals surface area contributed by atoms with Gasteiger partial charge in [0.05, 0.1) is 0 Å². The van der Waals surface area contributed by atoms with E-state index in [1.165, 1.54) is 25.1 Å². The highest BCUT2D eigenvalue weighted by Gasteiger charge is 2.26. The summed E-state index contributed by atoms with van der Waals surface area (Å²) < 4.78 is 13.9. The second-order valence-corrected chi connectivity index (χ2v) is 6.73. The first-order chi connectivity index (χ1) is 13.3. The Morgan fingerprint density at radius 3 is 2.39 bits per heavy atom. The summed E-state index contributed by atoms with van der Waals surface area (Å²) in [5.41, 5.74) is 0.269. The van der Waals surface area contributed by atoms with E-state index in [-0.39, 0.29) is 12.0 Å². The van der Waals surface area contributed by atoms with E-state index in [4.69, 9.17) is 0 Å². The van der Waals surface area contributed by atoms with Crippen LogP contribution in [-0.4, -0.2) is 35.0 Å². The molecule has 1 rings (SSSR count). The van der Waals surface area contributed by atoms with Crippen molar-refractivity contribution in [1.82, 2.24) is 10.6 Å². The molecule has 0 aliphatic carbocycles. The number of carbonyl (C=O) groups is 3. The molecule has 0 aromatic heterocycles. The number of hydrogen-bond acceptors (Lipinski definition) is 3. The average Bonchev–Trinajstić information content (AvgIpc) is 2.64. The summed E-state index contributed by atoms with van der Waals surface area (Å²) in [6, 6.07) is 3.85. The number of carbonyl (C=O) groups excluding carboxylic acids is 2. The zero-order valence-corrected chi connectivity index (χ0v) is 16.2. The third kappa shape index (κ3) is 8.79. The van der Waals surface area contributed by atoms with E-state index in [9.17, 15) is 23.9 Å². The molecule has 7 heteroatoms. The highest BCUT2D eigenvalue weighted by molar-refractivity contribution is 5.90. The number of allylic oxidation sites excluding steroid dienone is 1. The molecule has 0 aliphatic rings. The minimum atomic E-state index is -1.13. The molecule has 0 bridgehead atoms. The van der Waals surface area contributed by atoms with Crippen LogP contribution >= 0.6 is 0 Å². The third-order valence-corrected chi connectivity index (χ3v) is 4.34. The van der Waals surface area contributed by atoms with E-state index in [1.54, 1.807) is 6.07 Å². The first-order valence-corrected chi connectivity index (χ1v) is 9.49. The SMILES string of the molecule is C=CCCCCCC[C@H](NC(=O)[C@H](Cc1ccccc1F)NC(C)=O)C(=O)O. The molecule has 0 unspecified atom stereocenters. The second kappa shape index (κ2) is 12.6. The highest BCUT2D eigenvalue weighted by atomic mass is 19.1. The van der Waals surface area contributed by atoms with Gasteiger partial charge in [-0.05, 0) is 30.9 Å². The number of unbranched alkanes of at least 4 members (excludes halogenated alkanes) is 4. The molecule has 0 saturated carbocycles. The van der Waals surface area contributed by atoms with Gasteiger partial charge in [-0.15, -0.1) is 6.58 Å². The molecular formula is C21H29FN2O4. The number of nitrogens with one attached hydrogen (secondary N) is 2. The van der Waals surface area contributed by atoms with Gasteiger partial charge in [-0.1, -0.05) is 43.5 Å². The van der Waals surface area contributed by atoms with Crippen LogP contribution in [0.3, 0.4) is 0 Å². The van der Waals surface area contributed by atoms with Gasteiger partial charge in [0.2, 0.25) is 11.8 Å². The van der Waals surface area contributed by atoms with Crippen LogP contribution in [0, 0.1) is 5.82 Å². The maximum absolute atomic E-state index is 13.9. The molecule has 6 nitrogen and oxygen atoms in total. The number of aliphatic carboxylic acids is 1. The lowest BCUT2D eigenvalue weighted by Gasteiger charge is -2.21. The maximum atomic E-state index is 13.9. The van der Waals surface area contributed by atoms with Gasteiger partial charge in [0, 0.05) is 13.3 Å². The number of rotatable bonds is 13. The standard InChI is InChI=1S/C21H29FN2O4/c1-3-4-5-6-7-8-13-18(21(27)28)24-20(26)19(23-15(2)25)14-16-11-9-10-12-17(16)22/h3,9-12,18-19H,1,4-8,13-14H2,2H3,(H,23,25)(H,24,26)(H,27,28)/t18-,19-/m0/s1. The summed E-state index contributed by atoms with van der Waals surface area (Å²) in [7, 11) is 0. The molecule has 3 N–H and O–H groups in total. The van der Waals surface area contributed by atoms with E-state index in [0.29, 0.717) is 12.8 Å². The van der Waals surface area contributed by atoms with Crippen molar-refractivity contribution < 1.29 is 23.9 Å². The Bertz CT molecular complexity index is 678. The Kier molecular flexibility index (Phi) is 10.5. The Hall–Kier alpha value is -2.70. The Balaban J connectivity index is 2.69. The van der Waals surface area contributed by atoms with E-state index < -0.39 is 35.7 Å². The summed E-state index contributed by atoms with van der Waals surface area (Å²) in [5, 5.41) is 14.3. The molecule has 2 amide bonds. The monoisotopic (exact) mass is 392 g/mol. The largest absolute Gasteiger partial charge is 0.480 e. The molecule has 0 fully saturated rings. The number of carboxylic acids is 1. The lowest BCUT2D eigenvalue weighted by molar-refractivity contribution is -0.142. The summed E-state index contributed by atoms with van der Waals surface area (Å²) in [4.78, 5) is 35.5. The van der Waals surface area contributed by atoms with Crippen LogP contribution in [0.25, 0.3) is 0 Å². The van der Waals surface area contributed by atoms with Gasteiger partial charge in [-0.2, -0.15) is 0 Å². The van der Waals surface area contributed by atoms with Gasteiger partial charge in [0.1, 0.15) is 17.9 Å². The van der Waals surface area contributed by atoms with Crippen LogP contribution in [0.15, 0.2) is 36.9 Å². The molecule has 1 aromatic rings. The van der Waals surface area contributed by atoms with Crippen molar-refractivity contribution in [3.8, 4) is 0 Å². The molecule has 154 valence electrons. The Morgan fingerprint density at radius 2 is 1.79 bits per heavy atom. The number of carboxylic acid groups (broad SMARTS) is 1. The number of benzene rings is 1. The first-order valence-electron chi connectivity index (χ1n) is 9.49.